The number of nitrogens with zero attached hydrogens (tertiary/aromatic N) is 1. The van der Waals surface area contributed by atoms with Crippen molar-refractivity contribution in [2.75, 3.05) is 12.4 Å². The molecule has 0 fully saturated rings. The first kappa shape index (κ1) is 18.8. The van der Waals surface area contributed by atoms with Crippen molar-refractivity contribution >= 4 is 29.3 Å². The SMILES string of the molecule is COC(=O)Nc1cccc(C2(C(=O)O)N=c3ccccc3=C2C=CC(=O)O)c1. The van der Waals surface area contributed by atoms with E-state index < -0.39 is 23.6 Å². The first-order valence-electron chi connectivity index (χ1n) is 8.18. The Labute approximate surface area is 159 Å². The number of benzene rings is 2. The maximum Gasteiger partial charge on any atom is 0.411 e. The van der Waals surface area contributed by atoms with Crippen LogP contribution in [0.3, 0.4) is 0 Å². The van der Waals surface area contributed by atoms with E-state index in [2.05, 4.69) is 15.0 Å². The largest absolute Gasteiger partial charge is 0.479 e. The number of para-hydroxylation sites is 1. The number of amides is 1. The molecule has 0 aromatic heterocycles. The highest BCUT2D eigenvalue weighted by Gasteiger charge is 2.46. The van der Waals surface area contributed by atoms with Gasteiger partial charge in [-0.2, -0.15) is 0 Å². The fourth-order valence-electron chi connectivity index (χ4n) is 3.10. The second-order valence-electron chi connectivity index (χ2n) is 5.93. The molecule has 0 saturated heterocycles. The van der Waals surface area contributed by atoms with E-state index in [1.165, 1.54) is 19.3 Å². The van der Waals surface area contributed by atoms with Crippen LogP contribution in [0.25, 0.3) is 5.57 Å². The lowest BCUT2D eigenvalue weighted by molar-refractivity contribution is -0.141. The minimum atomic E-state index is -1.86. The smallest absolute Gasteiger partial charge is 0.411 e. The molecule has 1 aliphatic rings. The summed E-state index contributed by atoms with van der Waals surface area (Å²) in [4.78, 5) is 39.4. The molecule has 0 radical (unpaired) electrons. The molecule has 0 aliphatic carbocycles. The maximum absolute atomic E-state index is 12.4. The summed E-state index contributed by atoms with van der Waals surface area (Å²) in [5.41, 5.74) is -1.07. The van der Waals surface area contributed by atoms with Crippen LogP contribution in [0, 0.1) is 0 Å². The number of methoxy groups -OCH3 is 1. The average molecular weight is 380 g/mol. The van der Waals surface area contributed by atoms with Crippen molar-refractivity contribution in [3.05, 3.63) is 76.8 Å². The molecule has 2 aromatic carbocycles. The van der Waals surface area contributed by atoms with Crippen LogP contribution in [-0.2, 0) is 19.9 Å². The molecule has 0 saturated carbocycles. The van der Waals surface area contributed by atoms with E-state index in [-0.39, 0.29) is 11.1 Å². The molecule has 2 aromatic rings. The van der Waals surface area contributed by atoms with Crippen molar-refractivity contribution in [1.82, 2.24) is 0 Å². The monoisotopic (exact) mass is 380 g/mol. The quantitative estimate of drug-likeness (QED) is 0.671. The molecule has 8 nitrogen and oxygen atoms in total. The Balaban J connectivity index is 2.27. The molecule has 1 heterocycles. The minimum Gasteiger partial charge on any atom is -0.479 e. The fraction of sp³-hybridized carbons (Fsp3) is 0.100. The Hall–Kier alpha value is -3.94. The molecule has 8 heteroatoms. The van der Waals surface area contributed by atoms with Gasteiger partial charge in [-0.3, -0.25) is 10.3 Å². The van der Waals surface area contributed by atoms with Gasteiger partial charge in [-0.25, -0.2) is 14.4 Å². The van der Waals surface area contributed by atoms with Gasteiger partial charge in [0.2, 0.25) is 5.54 Å². The minimum absolute atomic E-state index is 0.216. The number of carbonyl (C=O) groups excluding carboxylic acids is 1. The van der Waals surface area contributed by atoms with E-state index in [1.807, 2.05) is 0 Å². The molecule has 1 unspecified atom stereocenters. The van der Waals surface area contributed by atoms with E-state index in [9.17, 15) is 19.5 Å². The number of nitrogens with one attached hydrogen (secondary N) is 1. The number of hydrogen-bond acceptors (Lipinski definition) is 5. The predicted octanol–water partition coefficient (Wildman–Crippen LogP) is 1.27. The molecule has 28 heavy (non-hydrogen) atoms. The normalized spacial score (nSPS) is 17.7. The van der Waals surface area contributed by atoms with Gasteiger partial charge in [-0.05, 0) is 29.8 Å². The molecule has 0 bridgehead atoms. The highest BCUT2D eigenvalue weighted by atomic mass is 16.5. The lowest BCUT2D eigenvalue weighted by atomic mass is 9.82. The van der Waals surface area contributed by atoms with Gasteiger partial charge in [0, 0.05) is 22.6 Å². The first-order chi connectivity index (χ1) is 13.4. The highest BCUT2D eigenvalue weighted by molar-refractivity contribution is 5.99. The summed E-state index contributed by atoms with van der Waals surface area (Å²) in [6.45, 7) is 0. The van der Waals surface area contributed by atoms with Gasteiger partial charge in [-0.1, -0.05) is 30.3 Å². The topological polar surface area (TPSA) is 125 Å². The molecular weight excluding hydrogens is 364 g/mol. The Bertz CT molecular complexity index is 1120. The molecule has 1 aliphatic heterocycles. The number of ether oxygens (including phenoxy) is 1. The number of anilines is 1. The lowest BCUT2D eigenvalue weighted by Gasteiger charge is -2.25. The van der Waals surface area contributed by atoms with Crippen molar-refractivity contribution in [1.29, 1.82) is 0 Å². The standard InChI is InChI=1S/C20H16N2O6/c1-28-19(27)21-13-6-4-5-12(11-13)20(18(25)26)15(9-10-17(23)24)14-7-2-3-8-16(14)22-20/h2-11H,1H3,(H,21,27)(H,23,24)(H,25,26). The number of hydrogen-bond donors (Lipinski definition) is 3. The van der Waals surface area contributed by atoms with Gasteiger partial charge in [0.15, 0.2) is 0 Å². The summed E-state index contributed by atoms with van der Waals surface area (Å²) in [7, 11) is 1.21. The molecule has 142 valence electrons. The third-order valence-electron chi connectivity index (χ3n) is 4.29. The summed E-state index contributed by atoms with van der Waals surface area (Å²) in [5, 5.41) is 22.6. The zero-order chi connectivity index (χ0) is 20.3. The highest BCUT2D eigenvalue weighted by Crippen LogP contribution is 2.38. The number of fused-ring (bicyclic) bond motifs is 1. The maximum atomic E-state index is 12.4. The molecule has 1 atom stereocenters. The van der Waals surface area contributed by atoms with Crippen LogP contribution >= 0.6 is 0 Å². The van der Waals surface area contributed by atoms with Crippen LogP contribution in [0.4, 0.5) is 10.5 Å². The van der Waals surface area contributed by atoms with Gasteiger partial charge in [-0.15, -0.1) is 0 Å². The number of aliphatic carboxylic acids is 2. The van der Waals surface area contributed by atoms with Crippen LogP contribution in [0.5, 0.6) is 0 Å². The lowest BCUT2D eigenvalue weighted by Crippen LogP contribution is -2.34. The van der Waals surface area contributed by atoms with Crippen molar-refractivity contribution in [3.63, 3.8) is 0 Å². The zero-order valence-corrected chi connectivity index (χ0v) is 14.7. The first-order valence-corrected chi connectivity index (χ1v) is 8.18. The van der Waals surface area contributed by atoms with E-state index in [1.54, 1.807) is 42.5 Å². The zero-order valence-electron chi connectivity index (χ0n) is 14.7. The van der Waals surface area contributed by atoms with E-state index >= 15 is 0 Å². The van der Waals surface area contributed by atoms with Gasteiger partial charge in [0.1, 0.15) is 0 Å². The number of carbonyl (C=O) groups is 3. The number of carboxylic acids is 2. The average Bonchev–Trinajstić information content (AvgIpc) is 3.02. The second-order valence-corrected chi connectivity index (χ2v) is 5.93. The van der Waals surface area contributed by atoms with Crippen LogP contribution < -0.4 is 15.9 Å². The van der Waals surface area contributed by atoms with Gasteiger partial charge < -0.3 is 14.9 Å². The molecule has 3 N–H and O–H groups in total. The van der Waals surface area contributed by atoms with Crippen LogP contribution in [0.1, 0.15) is 5.56 Å². The summed E-state index contributed by atoms with van der Waals surface area (Å²) in [5.74, 6) is -2.48. The Kier molecular flexibility index (Phi) is 4.95. The van der Waals surface area contributed by atoms with Gasteiger partial charge >= 0.3 is 18.0 Å². The van der Waals surface area contributed by atoms with Gasteiger partial charge in [0.05, 0.1) is 12.5 Å². The van der Waals surface area contributed by atoms with Crippen LogP contribution in [0.15, 0.2) is 65.7 Å². The van der Waals surface area contributed by atoms with Crippen molar-refractivity contribution in [2.24, 2.45) is 4.99 Å². The number of rotatable bonds is 5. The Morgan fingerprint density at radius 2 is 1.86 bits per heavy atom. The predicted molar refractivity (Wildman–Crippen MR) is 99.2 cm³/mol. The van der Waals surface area contributed by atoms with Gasteiger partial charge in [0.25, 0.3) is 0 Å². The van der Waals surface area contributed by atoms with Crippen molar-refractivity contribution in [3.8, 4) is 0 Å². The Morgan fingerprint density at radius 1 is 1.11 bits per heavy atom. The van der Waals surface area contributed by atoms with E-state index in [4.69, 9.17) is 5.11 Å². The summed E-state index contributed by atoms with van der Waals surface area (Å²) in [6, 6.07) is 12.9. The molecule has 0 spiro atoms. The number of carboxylic acid groups (broad SMARTS) is 2. The van der Waals surface area contributed by atoms with Crippen molar-refractivity contribution in [2.45, 2.75) is 5.54 Å². The summed E-state index contributed by atoms with van der Waals surface area (Å²) < 4.78 is 4.56. The molecular formula is C20H16N2O6. The summed E-state index contributed by atoms with van der Waals surface area (Å²) >= 11 is 0. The van der Waals surface area contributed by atoms with Crippen molar-refractivity contribution < 1.29 is 29.3 Å². The Morgan fingerprint density at radius 3 is 2.54 bits per heavy atom. The molecule has 3 rings (SSSR count). The third kappa shape index (κ3) is 3.23. The van der Waals surface area contributed by atoms with Crippen LogP contribution in [-0.4, -0.2) is 35.4 Å². The third-order valence-corrected chi connectivity index (χ3v) is 4.29. The molecule has 1 amide bonds. The summed E-state index contributed by atoms with van der Waals surface area (Å²) in [6.07, 6.45) is 1.41. The van der Waals surface area contributed by atoms with Crippen LogP contribution in [0.2, 0.25) is 0 Å². The van der Waals surface area contributed by atoms with E-state index in [0.717, 1.165) is 6.08 Å². The fourth-order valence-corrected chi connectivity index (χ4v) is 3.10. The van der Waals surface area contributed by atoms with E-state index in [0.29, 0.717) is 16.3 Å². The second kappa shape index (κ2) is 7.36.